The number of allylic oxidation sites excluding steroid dienone is 1. The minimum Gasteiger partial charge on any atom is -0.330 e. The Morgan fingerprint density at radius 3 is 2.60 bits per heavy atom. The van der Waals surface area contributed by atoms with Crippen LogP contribution in [0.2, 0.25) is 0 Å². The normalized spacial score (nSPS) is 26.7. The predicted molar refractivity (Wildman–Crippen MR) is 66.9 cm³/mol. The van der Waals surface area contributed by atoms with E-state index >= 15 is 0 Å². The van der Waals surface area contributed by atoms with Gasteiger partial charge in [0.05, 0.1) is 0 Å². The van der Waals surface area contributed by atoms with Crippen molar-refractivity contribution in [2.75, 3.05) is 20.1 Å². The van der Waals surface area contributed by atoms with Gasteiger partial charge in [-0.15, -0.1) is 0 Å². The zero-order chi connectivity index (χ0) is 11.3. The molecule has 1 aliphatic carbocycles. The van der Waals surface area contributed by atoms with Gasteiger partial charge in [0.1, 0.15) is 0 Å². The highest BCUT2D eigenvalue weighted by atomic mass is 15.1. The van der Waals surface area contributed by atoms with Crippen LogP contribution >= 0.6 is 0 Å². The van der Waals surface area contributed by atoms with Gasteiger partial charge in [0, 0.05) is 12.6 Å². The Balaban J connectivity index is 2.48. The number of hydrogen-bond donors (Lipinski definition) is 1. The zero-order valence-electron chi connectivity index (χ0n) is 10.5. The molecule has 15 heavy (non-hydrogen) atoms. The molecule has 0 bridgehead atoms. The van der Waals surface area contributed by atoms with Crippen molar-refractivity contribution in [2.24, 2.45) is 11.7 Å². The Kier molecular flexibility index (Phi) is 5.34. The van der Waals surface area contributed by atoms with Crippen molar-refractivity contribution in [3.05, 3.63) is 11.6 Å². The van der Waals surface area contributed by atoms with Crippen LogP contribution in [0.25, 0.3) is 0 Å². The lowest BCUT2D eigenvalue weighted by Gasteiger charge is -2.37. The van der Waals surface area contributed by atoms with Gasteiger partial charge in [-0.05, 0) is 46.2 Å². The molecule has 2 heteroatoms. The van der Waals surface area contributed by atoms with Crippen molar-refractivity contribution in [1.82, 2.24) is 4.90 Å². The average molecular weight is 210 g/mol. The van der Waals surface area contributed by atoms with Crippen LogP contribution in [0.1, 0.15) is 39.5 Å². The molecule has 1 rings (SSSR count). The molecular weight excluding hydrogens is 184 g/mol. The molecule has 0 aromatic rings. The molecule has 1 saturated carbocycles. The third kappa shape index (κ3) is 3.96. The van der Waals surface area contributed by atoms with E-state index in [2.05, 4.69) is 31.9 Å². The molecule has 0 amide bonds. The molecule has 0 radical (unpaired) electrons. The first kappa shape index (κ1) is 12.7. The van der Waals surface area contributed by atoms with Gasteiger partial charge in [0.15, 0.2) is 0 Å². The number of rotatable bonds is 4. The van der Waals surface area contributed by atoms with Gasteiger partial charge in [0.2, 0.25) is 0 Å². The van der Waals surface area contributed by atoms with Gasteiger partial charge in [-0.2, -0.15) is 0 Å². The third-order valence-corrected chi connectivity index (χ3v) is 3.53. The predicted octanol–water partition coefficient (Wildman–Crippen LogP) is 2.40. The molecule has 0 aromatic heterocycles. The Labute approximate surface area is 94.5 Å². The van der Waals surface area contributed by atoms with Crippen LogP contribution in [0, 0.1) is 5.92 Å². The summed E-state index contributed by atoms with van der Waals surface area (Å²) in [6, 6.07) is 0.708. The molecule has 0 aliphatic heterocycles. The number of hydrogen-bond acceptors (Lipinski definition) is 2. The van der Waals surface area contributed by atoms with Crippen LogP contribution in [-0.2, 0) is 0 Å². The molecule has 0 aromatic carbocycles. The monoisotopic (exact) mass is 210 g/mol. The van der Waals surface area contributed by atoms with E-state index in [1.165, 1.54) is 31.3 Å². The number of nitrogens with two attached hydrogens (primary N) is 1. The summed E-state index contributed by atoms with van der Waals surface area (Å²) in [5, 5.41) is 0. The van der Waals surface area contributed by atoms with Gasteiger partial charge in [0.25, 0.3) is 0 Å². The van der Waals surface area contributed by atoms with Crippen molar-refractivity contribution in [1.29, 1.82) is 0 Å². The fourth-order valence-electron chi connectivity index (χ4n) is 2.51. The summed E-state index contributed by atoms with van der Waals surface area (Å²) in [6.07, 6.45) is 7.70. The summed E-state index contributed by atoms with van der Waals surface area (Å²) in [4.78, 5) is 2.48. The van der Waals surface area contributed by atoms with Gasteiger partial charge >= 0.3 is 0 Å². The fraction of sp³-hybridized carbons (Fsp3) is 0.846. The number of likely N-dealkylation sites (N-methyl/N-ethyl adjacent to an activating group) is 1. The quantitative estimate of drug-likeness (QED) is 0.722. The molecule has 0 heterocycles. The maximum atomic E-state index is 5.85. The molecule has 2 atom stereocenters. The fourth-order valence-corrected chi connectivity index (χ4v) is 2.51. The zero-order valence-corrected chi connectivity index (χ0v) is 10.5. The lowest BCUT2D eigenvalue weighted by Crippen LogP contribution is -2.43. The van der Waals surface area contributed by atoms with E-state index in [4.69, 9.17) is 5.73 Å². The van der Waals surface area contributed by atoms with E-state index in [-0.39, 0.29) is 0 Å². The SMILES string of the molecule is CC(C)=CCN(C)C1CCCCC1CN. The molecule has 1 fully saturated rings. The summed E-state index contributed by atoms with van der Waals surface area (Å²) >= 11 is 0. The van der Waals surface area contributed by atoms with Gasteiger partial charge < -0.3 is 5.73 Å². The van der Waals surface area contributed by atoms with Crippen molar-refractivity contribution in [3.8, 4) is 0 Å². The molecule has 88 valence electrons. The van der Waals surface area contributed by atoms with Crippen molar-refractivity contribution < 1.29 is 0 Å². The Bertz CT molecular complexity index is 207. The summed E-state index contributed by atoms with van der Waals surface area (Å²) in [6.45, 7) is 6.25. The lowest BCUT2D eigenvalue weighted by molar-refractivity contribution is 0.145. The van der Waals surface area contributed by atoms with Gasteiger partial charge in [-0.25, -0.2) is 0 Å². The van der Waals surface area contributed by atoms with Crippen molar-refractivity contribution in [3.63, 3.8) is 0 Å². The van der Waals surface area contributed by atoms with E-state index in [0.717, 1.165) is 13.1 Å². The largest absolute Gasteiger partial charge is 0.330 e. The van der Waals surface area contributed by atoms with E-state index in [1.807, 2.05) is 0 Å². The third-order valence-electron chi connectivity index (χ3n) is 3.53. The van der Waals surface area contributed by atoms with Crippen LogP contribution < -0.4 is 5.73 Å². The second kappa shape index (κ2) is 6.29. The lowest BCUT2D eigenvalue weighted by atomic mass is 9.84. The molecular formula is C13H26N2. The van der Waals surface area contributed by atoms with Crippen LogP contribution in [0.15, 0.2) is 11.6 Å². The Morgan fingerprint density at radius 1 is 1.33 bits per heavy atom. The van der Waals surface area contributed by atoms with Gasteiger partial charge in [-0.1, -0.05) is 24.5 Å². The Hall–Kier alpha value is -0.340. The Morgan fingerprint density at radius 2 is 2.00 bits per heavy atom. The molecule has 1 aliphatic rings. The minimum atomic E-state index is 0.708. The maximum Gasteiger partial charge on any atom is 0.0165 e. The molecule has 2 unspecified atom stereocenters. The van der Waals surface area contributed by atoms with Crippen LogP contribution in [0.5, 0.6) is 0 Å². The second-order valence-corrected chi connectivity index (χ2v) is 5.07. The van der Waals surface area contributed by atoms with Crippen molar-refractivity contribution in [2.45, 2.75) is 45.6 Å². The highest BCUT2D eigenvalue weighted by Gasteiger charge is 2.26. The maximum absolute atomic E-state index is 5.85. The van der Waals surface area contributed by atoms with Crippen LogP contribution in [0.4, 0.5) is 0 Å². The molecule has 2 nitrogen and oxygen atoms in total. The highest BCUT2D eigenvalue weighted by Crippen LogP contribution is 2.27. The van der Waals surface area contributed by atoms with E-state index in [1.54, 1.807) is 0 Å². The minimum absolute atomic E-state index is 0.708. The van der Waals surface area contributed by atoms with E-state index in [9.17, 15) is 0 Å². The molecule has 0 saturated heterocycles. The van der Waals surface area contributed by atoms with E-state index < -0.39 is 0 Å². The number of nitrogens with zero attached hydrogens (tertiary/aromatic N) is 1. The molecule has 0 spiro atoms. The standard InChI is InChI=1S/C13H26N2/c1-11(2)8-9-15(3)13-7-5-4-6-12(13)10-14/h8,12-13H,4-7,9-10,14H2,1-3H3. The first-order valence-electron chi connectivity index (χ1n) is 6.18. The van der Waals surface area contributed by atoms with Crippen LogP contribution in [-0.4, -0.2) is 31.1 Å². The topological polar surface area (TPSA) is 29.3 Å². The first-order chi connectivity index (χ1) is 7.15. The summed E-state index contributed by atoms with van der Waals surface area (Å²) < 4.78 is 0. The average Bonchev–Trinajstić information content (AvgIpc) is 2.25. The van der Waals surface area contributed by atoms with Crippen LogP contribution in [0.3, 0.4) is 0 Å². The summed E-state index contributed by atoms with van der Waals surface area (Å²) in [7, 11) is 2.23. The van der Waals surface area contributed by atoms with E-state index in [0.29, 0.717) is 12.0 Å². The first-order valence-corrected chi connectivity index (χ1v) is 6.18. The summed E-state index contributed by atoms with van der Waals surface area (Å²) in [5.74, 6) is 0.717. The van der Waals surface area contributed by atoms with Crippen molar-refractivity contribution >= 4 is 0 Å². The van der Waals surface area contributed by atoms with Gasteiger partial charge in [-0.3, -0.25) is 4.90 Å². The summed E-state index contributed by atoms with van der Waals surface area (Å²) in [5.41, 5.74) is 7.25. The molecule has 2 N–H and O–H groups in total. The highest BCUT2D eigenvalue weighted by molar-refractivity contribution is 4.96. The smallest absolute Gasteiger partial charge is 0.0165 e. The second-order valence-electron chi connectivity index (χ2n) is 5.07.